The molecule has 0 aliphatic rings. The van der Waals surface area contributed by atoms with Crippen LogP contribution in [-0.2, 0) is 14.3 Å². The molecule has 0 aromatic carbocycles. The standard InChI is InChI=1S/C49H96O4/c1-3-5-7-9-11-13-15-17-19-21-22-23-24-25-26-27-28-29-30-32-34-36-38-40-42-44-49(51)53-48(46-50)47-52-45-43-41-39-37-35-33-31-20-18-16-14-12-10-8-6-4-2/h21-22,48,50H,3-20,23-47H2,1-2H3/b22-21-. The van der Waals surface area contributed by atoms with Crippen molar-refractivity contribution >= 4 is 5.97 Å². The van der Waals surface area contributed by atoms with Gasteiger partial charge in [0.25, 0.3) is 0 Å². The zero-order chi connectivity index (χ0) is 38.4. The van der Waals surface area contributed by atoms with Crippen molar-refractivity contribution < 1.29 is 19.4 Å². The lowest BCUT2D eigenvalue weighted by molar-refractivity contribution is -0.154. The van der Waals surface area contributed by atoms with Crippen LogP contribution in [0.2, 0.25) is 0 Å². The molecule has 0 radical (unpaired) electrons. The summed E-state index contributed by atoms with van der Waals surface area (Å²) in [5.74, 6) is -0.194. The van der Waals surface area contributed by atoms with Crippen LogP contribution in [0.1, 0.15) is 271 Å². The quantitative estimate of drug-likeness (QED) is 0.0383. The maximum Gasteiger partial charge on any atom is 0.306 e. The van der Waals surface area contributed by atoms with Gasteiger partial charge < -0.3 is 14.6 Å². The third kappa shape index (κ3) is 45.4. The first-order valence-corrected chi connectivity index (χ1v) is 24.3. The average molecular weight is 749 g/mol. The van der Waals surface area contributed by atoms with Crippen LogP contribution in [0.5, 0.6) is 0 Å². The Bertz CT molecular complexity index is 707. The Morgan fingerprint density at radius 3 is 1.08 bits per heavy atom. The number of carbonyl (C=O) groups excluding carboxylic acids is 1. The van der Waals surface area contributed by atoms with Crippen molar-refractivity contribution in [2.75, 3.05) is 19.8 Å². The first kappa shape index (κ1) is 52.1. The summed E-state index contributed by atoms with van der Waals surface area (Å²) in [6, 6.07) is 0. The summed E-state index contributed by atoms with van der Waals surface area (Å²) in [7, 11) is 0. The zero-order valence-corrected chi connectivity index (χ0v) is 36.3. The molecule has 0 saturated carbocycles. The number of aliphatic hydroxyl groups is 1. The molecular formula is C49H96O4. The van der Waals surface area contributed by atoms with E-state index in [1.54, 1.807) is 0 Å². The minimum absolute atomic E-state index is 0.165. The van der Waals surface area contributed by atoms with Crippen LogP contribution in [0, 0.1) is 0 Å². The molecule has 53 heavy (non-hydrogen) atoms. The molecule has 0 spiro atoms. The topological polar surface area (TPSA) is 55.8 Å². The summed E-state index contributed by atoms with van der Waals surface area (Å²) < 4.78 is 11.2. The monoisotopic (exact) mass is 749 g/mol. The van der Waals surface area contributed by atoms with Crippen molar-refractivity contribution in [3.8, 4) is 0 Å². The van der Waals surface area contributed by atoms with Crippen LogP contribution in [0.15, 0.2) is 12.2 Å². The van der Waals surface area contributed by atoms with Gasteiger partial charge in [0.1, 0.15) is 6.10 Å². The molecule has 0 aliphatic heterocycles. The second-order valence-electron chi connectivity index (χ2n) is 16.5. The van der Waals surface area contributed by atoms with E-state index in [2.05, 4.69) is 26.0 Å². The lowest BCUT2D eigenvalue weighted by Gasteiger charge is -2.16. The Morgan fingerprint density at radius 1 is 0.434 bits per heavy atom. The molecule has 316 valence electrons. The second-order valence-corrected chi connectivity index (χ2v) is 16.5. The van der Waals surface area contributed by atoms with Gasteiger partial charge in [-0.3, -0.25) is 4.79 Å². The lowest BCUT2D eigenvalue weighted by atomic mass is 10.0. The van der Waals surface area contributed by atoms with Crippen molar-refractivity contribution in [1.82, 2.24) is 0 Å². The van der Waals surface area contributed by atoms with Crippen molar-refractivity contribution in [3.05, 3.63) is 12.2 Å². The minimum atomic E-state index is -0.528. The normalized spacial score (nSPS) is 12.3. The van der Waals surface area contributed by atoms with Crippen molar-refractivity contribution in [1.29, 1.82) is 0 Å². The molecule has 4 heteroatoms. The van der Waals surface area contributed by atoms with Gasteiger partial charge in [-0.05, 0) is 38.5 Å². The van der Waals surface area contributed by atoms with Gasteiger partial charge in [-0.1, -0.05) is 238 Å². The molecule has 4 nitrogen and oxygen atoms in total. The number of hydrogen-bond acceptors (Lipinski definition) is 4. The number of aliphatic hydroxyl groups excluding tert-OH is 1. The maximum atomic E-state index is 12.2. The van der Waals surface area contributed by atoms with Gasteiger partial charge in [0.15, 0.2) is 0 Å². The van der Waals surface area contributed by atoms with Gasteiger partial charge in [-0.15, -0.1) is 0 Å². The lowest BCUT2D eigenvalue weighted by Crippen LogP contribution is -2.27. The van der Waals surface area contributed by atoms with Crippen LogP contribution in [-0.4, -0.2) is 37.0 Å². The number of allylic oxidation sites excluding steroid dienone is 2. The van der Waals surface area contributed by atoms with E-state index in [0.717, 1.165) is 19.3 Å². The molecule has 0 saturated heterocycles. The molecule has 1 atom stereocenters. The molecular weight excluding hydrogens is 653 g/mol. The van der Waals surface area contributed by atoms with E-state index in [9.17, 15) is 9.90 Å². The van der Waals surface area contributed by atoms with E-state index in [-0.39, 0.29) is 12.6 Å². The van der Waals surface area contributed by atoms with E-state index in [4.69, 9.17) is 9.47 Å². The van der Waals surface area contributed by atoms with Crippen molar-refractivity contribution in [2.45, 2.75) is 277 Å². The number of carbonyl (C=O) groups is 1. The first-order valence-electron chi connectivity index (χ1n) is 24.3. The number of ether oxygens (including phenoxy) is 2. The predicted molar refractivity (Wildman–Crippen MR) is 233 cm³/mol. The van der Waals surface area contributed by atoms with Crippen LogP contribution in [0.3, 0.4) is 0 Å². The van der Waals surface area contributed by atoms with Crippen LogP contribution < -0.4 is 0 Å². The first-order chi connectivity index (χ1) is 26.2. The smallest absolute Gasteiger partial charge is 0.306 e. The summed E-state index contributed by atoms with van der Waals surface area (Å²) in [4.78, 5) is 12.2. The molecule has 0 aromatic rings. The molecule has 0 bridgehead atoms. The van der Waals surface area contributed by atoms with E-state index in [1.807, 2.05) is 0 Å². The number of esters is 1. The van der Waals surface area contributed by atoms with Gasteiger partial charge in [0.05, 0.1) is 13.2 Å². The van der Waals surface area contributed by atoms with Gasteiger partial charge in [-0.25, -0.2) is 0 Å². The summed E-state index contributed by atoms with van der Waals surface area (Å²) >= 11 is 0. The minimum Gasteiger partial charge on any atom is -0.457 e. The highest BCUT2D eigenvalue weighted by Gasteiger charge is 2.13. The highest BCUT2D eigenvalue weighted by Crippen LogP contribution is 2.16. The number of unbranched alkanes of at least 4 members (excludes halogenated alkanes) is 36. The molecule has 0 fully saturated rings. The highest BCUT2D eigenvalue weighted by atomic mass is 16.6. The maximum absolute atomic E-state index is 12.2. The highest BCUT2D eigenvalue weighted by molar-refractivity contribution is 5.69. The molecule has 0 aliphatic carbocycles. The van der Waals surface area contributed by atoms with Gasteiger partial charge >= 0.3 is 5.97 Å². The van der Waals surface area contributed by atoms with Gasteiger partial charge in [0, 0.05) is 13.0 Å². The third-order valence-electron chi connectivity index (χ3n) is 11.1. The molecule has 0 heterocycles. The Balaban J connectivity index is 3.35. The summed E-state index contributed by atoms with van der Waals surface area (Å²) in [5, 5.41) is 9.62. The second kappa shape index (κ2) is 47.3. The molecule has 0 rings (SSSR count). The third-order valence-corrected chi connectivity index (χ3v) is 11.1. The fourth-order valence-corrected chi connectivity index (χ4v) is 7.44. The number of rotatable bonds is 46. The predicted octanol–water partition coefficient (Wildman–Crippen LogP) is 16.1. The zero-order valence-electron chi connectivity index (χ0n) is 36.3. The Kier molecular flexibility index (Phi) is 46.5. The fraction of sp³-hybridized carbons (Fsp3) is 0.939. The Morgan fingerprint density at radius 2 is 0.736 bits per heavy atom. The van der Waals surface area contributed by atoms with Crippen LogP contribution in [0.25, 0.3) is 0 Å². The number of hydrogen-bond donors (Lipinski definition) is 1. The molecule has 0 aromatic heterocycles. The molecule has 0 amide bonds. The summed E-state index contributed by atoms with van der Waals surface area (Å²) in [5.41, 5.74) is 0. The van der Waals surface area contributed by atoms with E-state index >= 15 is 0 Å². The van der Waals surface area contributed by atoms with Gasteiger partial charge in [-0.2, -0.15) is 0 Å². The van der Waals surface area contributed by atoms with Crippen LogP contribution in [0.4, 0.5) is 0 Å². The van der Waals surface area contributed by atoms with Crippen LogP contribution >= 0.6 is 0 Å². The van der Waals surface area contributed by atoms with Crippen molar-refractivity contribution in [3.63, 3.8) is 0 Å². The molecule has 1 unspecified atom stereocenters. The van der Waals surface area contributed by atoms with E-state index in [1.165, 1.54) is 231 Å². The van der Waals surface area contributed by atoms with Crippen molar-refractivity contribution in [2.24, 2.45) is 0 Å². The van der Waals surface area contributed by atoms with E-state index < -0.39 is 6.10 Å². The largest absolute Gasteiger partial charge is 0.457 e. The Labute approximate surface area is 333 Å². The molecule has 1 N–H and O–H groups in total. The SMILES string of the molecule is CCCCCCCCCC/C=C\CCCCCCCCCCCCCCCC(=O)OC(CO)COCCCCCCCCCCCCCCCCCC. The van der Waals surface area contributed by atoms with E-state index in [0.29, 0.717) is 19.6 Å². The summed E-state index contributed by atoms with van der Waals surface area (Å²) in [6.45, 7) is 5.40. The summed E-state index contributed by atoms with van der Waals surface area (Å²) in [6.07, 6.45) is 57.2. The fourth-order valence-electron chi connectivity index (χ4n) is 7.44. The van der Waals surface area contributed by atoms with Gasteiger partial charge in [0.2, 0.25) is 0 Å². The Hall–Kier alpha value is -0.870. The average Bonchev–Trinajstić information content (AvgIpc) is 3.16.